The molecular weight excluding hydrogens is 576 g/mol. The number of amides is 3. The van der Waals surface area contributed by atoms with Crippen LogP contribution in [0.25, 0.3) is 6.08 Å². The lowest BCUT2D eigenvalue weighted by Crippen LogP contribution is -2.50. The zero-order valence-corrected chi connectivity index (χ0v) is 23.4. The molecule has 2 N–H and O–H groups in total. The van der Waals surface area contributed by atoms with Gasteiger partial charge >= 0.3 is 12.2 Å². The topological polar surface area (TPSA) is 64.7 Å². The van der Waals surface area contributed by atoms with Crippen molar-refractivity contribution in [1.29, 1.82) is 0 Å². The smallest absolute Gasteiger partial charge is 0.353 e. The van der Waals surface area contributed by atoms with Gasteiger partial charge in [-0.3, -0.25) is 9.69 Å². The Balaban J connectivity index is 1.26. The molecule has 1 aliphatic rings. The molecule has 12 heteroatoms. The van der Waals surface area contributed by atoms with Crippen LogP contribution in [0.2, 0.25) is 15.1 Å². The predicted molar refractivity (Wildman–Crippen MR) is 150 cm³/mol. The molecular formula is C27H30Cl3F3N4O2. The highest BCUT2D eigenvalue weighted by Gasteiger charge is 2.33. The molecule has 1 aliphatic heterocycles. The molecule has 0 bridgehead atoms. The van der Waals surface area contributed by atoms with E-state index < -0.39 is 22.8 Å². The summed E-state index contributed by atoms with van der Waals surface area (Å²) in [6.45, 7) is 3.88. The molecule has 0 radical (unpaired) electrons. The van der Waals surface area contributed by atoms with Crippen molar-refractivity contribution in [3.63, 3.8) is 0 Å². The standard InChI is InChI=1S/C27H30Cl3F3N4O2/c28-22-9-7-20(18-21(22)27(31,32)33)35-26(39)37-15-13-36(14-16-37)12-4-2-1-3-11-34-25(38)10-6-19-5-8-23(29)24(30)17-19/h5-10,17-18H,1-4,11-16H2,(H,34,38)(H,35,39)/b10-6+. The summed E-state index contributed by atoms with van der Waals surface area (Å²) >= 11 is 17.5. The molecule has 6 nitrogen and oxygen atoms in total. The number of urea groups is 1. The Bertz CT molecular complexity index is 1170. The molecule has 39 heavy (non-hydrogen) atoms. The van der Waals surface area contributed by atoms with Gasteiger partial charge in [-0.05, 0) is 61.4 Å². The molecule has 0 saturated carbocycles. The number of carbonyl (C=O) groups is 2. The Labute approximate surface area is 241 Å². The lowest BCUT2D eigenvalue weighted by atomic mass is 10.1. The van der Waals surface area contributed by atoms with Crippen LogP contribution in [0.3, 0.4) is 0 Å². The minimum Gasteiger partial charge on any atom is -0.353 e. The van der Waals surface area contributed by atoms with Gasteiger partial charge in [0.2, 0.25) is 5.91 Å². The van der Waals surface area contributed by atoms with Crippen LogP contribution in [0, 0.1) is 0 Å². The van der Waals surface area contributed by atoms with Crippen LogP contribution in [-0.4, -0.2) is 61.0 Å². The van der Waals surface area contributed by atoms with Gasteiger partial charge in [0.05, 0.1) is 20.6 Å². The number of anilines is 1. The fourth-order valence-electron chi connectivity index (χ4n) is 4.07. The second-order valence-corrected chi connectivity index (χ2v) is 10.4. The van der Waals surface area contributed by atoms with E-state index in [2.05, 4.69) is 15.5 Å². The Morgan fingerprint density at radius 2 is 1.56 bits per heavy atom. The zero-order chi connectivity index (χ0) is 28.4. The van der Waals surface area contributed by atoms with Gasteiger partial charge in [0.1, 0.15) is 0 Å². The molecule has 0 atom stereocenters. The van der Waals surface area contributed by atoms with Crippen LogP contribution < -0.4 is 10.6 Å². The van der Waals surface area contributed by atoms with Gasteiger partial charge in [0.15, 0.2) is 0 Å². The van der Waals surface area contributed by atoms with E-state index in [-0.39, 0.29) is 11.6 Å². The van der Waals surface area contributed by atoms with Crippen molar-refractivity contribution < 1.29 is 22.8 Å². The van der Waals surface area contributed by atoms with Crippen molar-refractivity contribution in [3.05, 3.63) is 68.7 Å². The maximum atomic E-state index is 13.0. The van der Waals surface area contributed by atoms with Crippen molar-refractivity contribution in [2.24, 2.45) is 0 Å². The van der Waals surface area contributed by atoms with Crippen molar-refractivity contribution in [1.82, 2.24) is 15.1 Å². The minimum absolute atomic E-state index is 0.0536. The average molecular weight is 606 g/mol. The third-order valence-corrected chi connectivity index (χ3v) is 7.32. The molecule has 0 aliphatic carbocycles. The number of alkyl halides is 3. The number of hydrogen-bond donors (Lipinski definition) is 2. The third-order valence-electron chi connectivity index (χ3n) is 6.25. The first-order valence-electron chi connectivity index (χ1n) is 12.6. The van der Waals surface area contributed by atoms with Crippen molar-refractivity contribution in [2.45, 2.75) is 31.9 Å². The number of nitrogens with zero attached hydrogens (tertiary/aromatic N) is 2. The minimum atomic E-state index is -4.59. The van der Waals surface area contributed by atoms with Gasteiger partial charge in [-0.2, -0.15) is 13.2 Å². The van der Waals surface area contributed by atoms with Crippen LogP contribution in [0.4, 0.5) is 23.7 Å². The van der Waals surface area contributed by atoms with Gasteiger partial charge in [-0.25, -0.2) is 4.79 Å². The summed E-state index contributed by atoms with van der Waals surface area (Å²) in [5.41, 5.74) is -0.133. The summed E-state index contributed by atoms with van der Waals surface area (Å²) in [5.74, 6) is -0.167. The van der Waals surface area contributed by atoms with Crippen molar-refractivity contribution in [2.75, 3.05) is 44.6 Å². The first kappa shape index (κ1) is 31.1. The van der Waals surface area contributed by atoms with Crippen LogP contribution in [0.5, 0.6) is 0 Å². The Kier molecular flexibility index (Phi) is 11.8. The first-order valence-corrected chi connectivity index (χ1v) is 13.7. The third kappa shape index (κ3) is 10.2. The van der Waals surface area contributed by atoms with E-state index in [0.717, 1.165) is 49.9 Å². The molecule has 3 amide bonds. The molecule has 1 saturated heterocycles. The van der Waals surface area contributed by atoms with Gasteiger partial charge in [0.25, 0.3) is 0 Å². The fourth-order valence-corrected chi connectivity index (χ4v) is 4.60. The maximum Gasteiger partial charge on any atom is 0.417 e. The van der Waals surface area contributed by atoms with Gasteiger partial charge < -0.3 is 15.5 Å². The second-order valence-electron chi connectivity index (χ2n) is 9.16. The molecule has 3 rings (SSSR count). The van der Waals surface area contributed by atoms with Gasteiger partial charge in [-0.1, -0.05) is 53.7 Å². The van der Waals surface area contributed by atoms with E-state index in [0.29, 0.717) is 42.8 Å². The molecule has 0 aromatic heterocycles. The summed E-state index contributed by atoms with van der Waals surface area (Å²) in [5, 5.41) is 5.89. The molecule has 212 valence electrons. The highest BCUT2D eigenvalue weighted by Crippen LogP contribution is 2.36. The van der Waals surface area contributed by atoms with Crippen LogP contribution in [0.1, 0.15) is 36.8 Å². The Hall–Kier alpha value is -2.46. The predicted octanol–water partition coefficient (Wildman–Crippen LogP) is 7.21. The molecule has 2 aromatic carbocycles. The lowest BCUT2D eigenvalue weighted by molar-refractivity contribution is -0.137. The lowest BCUT2D eigenvalue weighted by Gasteiger charge is -2.34. The largest absolute Gasteiger partial charge is 0.417 e. The van der Waals surface area contributed by atoms with E-state index in [1.807, 2.05) is 0 Å². The van der Waals surface area contributed by atoms with Crippen LogP contribution in [0.15, 0.2) is 42.5 Å². The van der Waals surface area contributed by atoms with E-state index in [1.54, 1.807) is 29.2 Å². The summed E-state index contributed by atoms with van der Waals surface area (Å²) in [6, 6.07) is 8.05. The highest BCUT2D eigenvalue weighted by atomic mass is 35.5. The van der Waals surface area contributed by atoms with Gasteiger partial charge in [0, 0.05) is 44.5 Å². The summed E-state index contributed by atoms with van der Waals surface area (Å²) in [4.78, 5) is 28.3. The normalized spacial score (nSPS) is 14.6. The Morgan fingerprint density at radius 3 is 2.26 bits per heavy atom. The number of unbranched alkanes of at least 4 members (excludes halogenated alkanes) is 3. The highest BCUT2D eigenvalue weighted by molar-refractivity contribution is 6.42. The van der Waals surface area contributed by atoms with Crippen molar-refractivity contribution in [3.8, 4) is 0 Å². The number of piperazine rings is 1. The number of halogens is 6. The van der Waals surface area contributed by atoms with Crippen molar-refractivity contribution >= 4 is 58.5 Å². The summed E-state index contributed by atoms with van der Waals surface area (Å²) in [7, 11) is 0. The SMILES string of the molecule is O=C(/C=C/c1ccc(Cl)c(Cl)c1)NCCCCCCN1CCN(C(=O)Nc2ccc(Cl)c(C(F)(F)F)c2)CC1. The second kappa shape index (κ2) is 14.8. The van der Waals surface area contributed by atoms with E-state index >= 15 is 0 Å². The average Bonchev–Trinajstić information content (AvgIpc) is 2.89. The zero-order valence-electron chi connectivity index (χ0n) is 21.2. The number of benzene rings is 2. The molecule has 2 aromatic rings. The van der Waals surface area contributed by atoms with E-state index in [4.69, 9.17) is 34.8 Å². The maximum absolute atomic E-state index is 13.0. The molecule has 1 fully saturated rings. The molecule has 1 heterocycles. The van der Waals surface area contributed by atoms with Crippen LogP contribution >= 0.6 is 34.8 Å². The van der Waals surface area contributed by atoms with E-state index in [9.17, 15) is 22.8 Å². The van der Waals surface area contributed by atoms with Gasteiger partial charge in [-0.15, -0.1) is 0 Å². The molecule has 0 unspecified atom stereocenters. The quantitative estimate of drug-likeness (QED) is 0.222. The number of carbonyl (C=O) groups excluding carboxylic acids is 2. The first-order chi connectivity index (χ1) is 18.5. The Morgan fingerprint density at radius 1 is 0.872 bits per heavy atom. The number of nitrogens with one attached hydrogen (secondary N) is 2. The number of rotatable bonds is 10. The molecule has 0 spiro atoms. The monoisotopic (exact) mass is 604 g/mol. The summed E-state index contributed by atoms with van der Waals surface area (Å²) < 4.78 is 39.1. The summed E-state index contributed by atoms with van der Waals surface area (Å²) in [6.07, 6.45) is 2.44. The number of hydrogen-bond acceptors (Lipinski definition) is 3. The van der Waals surface area contributed by atoms with Crippen LogP contribution in [-0.2, 0) is 11.0 Å². The van der Waals surface area contributed by atoms with E-state index in [1.165, 1.54) is 12.1 Å². The fraction of sp³-hybridized carbons (Fsp3) is 0.407.